The number of carbonyl (C=O) groups excluding carboxylic acids is 1. The zero-order valence-corrected chi connectivity index (χ0v) is 17.2. The van der Waals surface area contributed by atoms with Gasteiger partial charge in [0.2, 0.25) is 0 Å². The maximum atomic E-state index is 13.4. The first-order chi connectivity index (χ1) is 14.5. The highest BCUT2D eigenvalue weighted by Crippen LogP contribution is 2.35. The summed E-state index contributed by atoms with van der Waals surface area (Å²) in [6, 6.07) is 5.52. The van der Waals surface area contributed by atoms with Crippen LogP contribution in [0.2, 0.25) is 0 Å². The summed E-state index contributed by atoms with van der Waals surface area (Å²) in [6.45, 7) is 2.96. The summed E-state index contributed by atoms with van der Waals surface area (Å²) < 4.78 is 25.8. The smallest absolute Gasteiger partial charge is 0.323 e. The van der Waals surface area contributed by atoms with E-state index in [0.717, 1.165) is 42.9 Å². The Morgan fingerprint density at radius 2 is 2.17 bits per heavy atom. The molecule has 0 radical (unpaired) electrons. The standard InChI is InChI=1S/C21H28FN5O3/c1-29-21(28)18(23)11-16-13-27(25-24-16)19-6-9-30-20-10-14(2-3-17(19)20)12-26-7-4-15(22)5-8-26/h2-3,10,13,15,18-19H,4-9,11-12,23H2,1H3. The summed E-state index contributed by atoms with van der Waals surface area (Å²) in [5, 5.41) is 8.43. The van der Waals surface area contributed by atoms with Crippen LogP contribution in [0.25, 0.3) is 0 Å². The van der Waals surface area contributed by atoms with Crippen LogP contribution < -0.4 is 10.5 Å². The number of hydrogen-bond acceptors (Lipinski definition) is 7. The van der Waals surface area contributed by atoms with E-state index in [1.54, 1.807) is 0 Å². The molecule has 1 fully saturated rings. The van der Waals surface area contributed by atoms with Crippen LogP contribution in [0.1, 0.15) is 42.1 Å². The topological polar surface area (TPSA) is 95.5 Å². The molecule has 30 heavy (non-hydrogen) atoms. The van der Waals surface area contributed by atoms with Crippen LogP contribution in [0.5, 0.6) is 5.75 Å². The lowest BCUT2D eigenvalue weighted by Gasteiger charge is -2.30. The van der Waals surface area contributed by atoms with E-state index in [1.807, 2.05) is 10.9 Å². The molecule has 0 spiro atoms. The van der Waals surface area contributed by atoms with Gasteiger partial charge in [0, 0.05) is 44.2 Å². The third kappa shape index (κ3) is 4.62. The SMILES string of the molecule is COC(=O)C(N)Cc1cn(C2CCOc3cc(CN4CCC(F)CC4)ccc32)nn1. The molecular weight excluding hydrogens is 389 g/mol. The third-order valence-electron chi connectivity index (χ3n) is 5.82. The van der Waals surface area contributed by atoms with Gasteiger partial charge in [0.05, 0.1) is 25.5 Å². The number of methoxy groups -OCH3 is 1. The normalized spacial score (nSPS) is 21.0. The number of alkyl halides is 1. The molecule has 0 bridgehead atoms. The van der Waals surface area contributed by atoms with Crippen LogP contribution in [-0.2, 0) is 22.5 Å². The average molecular weight is 417 g/mol. The van der Waals surface area contributed by atoms with E-state index < -0.39 is 18.2 Å². The van der Waals surface area contributed by atoms with Gasteiger partial charge in [-0.1, -0.05) is 17.3 Å². The Morgan fingerprint density at radius 1 is 1.37 bits per heavy atom. The molecule has 1 aromatic carbocycles. The number of esters is 1. The van der Waals surface area contributed by atoms with E-state index in [-0.39, 0.29) is 12.5 Å². The van der Waals surface area contributed by atoms with Crippen LogP contribution in [0.3, 0.4) is 0 Å². The van der Waals surface area contributed by atoms with Crippen molar-refractivity contribution in [1.82, 2.24) is 19.9 Å². The number of benzene rings is 1. The van der Waals surface area contributed by atoms with Crippen LogP contribution in [-0.4, -0.2) is 64.9 Å². The van der Waals surface area contributed by atoms with Crippen LogP contribution in [0.4, 0.5) is 4.39 Å². The van der Waals surface area contributed by atoms with Gasteiger partial charge < -0.3 is 15.2 Å². The average Bonchev–Trinajstić information content (AvgIpc) is 3.22. The first-order valence-electron chi connectivity index (χ1n) is 10.4. The minimum Gasteiger partial charge on any atom is -0.493 e. The van der Waals surface area contributed by atoms with Gasteiger partial charge in [-0.2, -0.15) is 0 Å². The summed E-state index contributed by atoms with van der Waals surface area (Å²) in [5.41, 5.74) is 8.69. The van der Waals surface area contributed by atoms with E-state index in [1.165, 1.54) is 7.11 Å². The van der Waals surface area contributed by atoms with Crippen LogP contribution >= 0.6 is 0 Å². The van der Waals surface area contributed by atoms with Crippen molar-refractivity contribution >= 4 is 5.97 Å². The summed E-state index contributed by atoms with van der Waals surface area (Å²) in [7, 11) is 1.31. The van der Waals surface area contributed by atoms with Crippen molar-refractivity contribution in [2.45, 2.75) is 50.5 Å². The fourth-order valence-electron chi connectivity index (χ4n) is 4.13. The second kappa shape index (κ2) is 9.09. The quantitative estimate of drug-likeness (QED) is 0.714. The molecule has 3 heterocycles. The van der Waals surface area contributed by atoms with Gasteiger partial charge in [-0.15, -0.1) is 5.10 Å². The van der Waals surface area contributed by atoms with Crippen LogP contribution in [0.15, 0.2) is 24.4 Å². The van der Waals surface area contributed by atoms with Gasteiger partial charge in [-0.25, -0.2) is 9.07 Å². The molecule has 8 nitrogen and oxygen atoms in total. The Balaban J connectivity index is 1.46. The number of rotatable bonds is 6. The Bertz CT molecular complexity index is 881. The number of aromatic nitrogens is 3. The van der Waals surface area contributed by atoms with E-state index in [4.69, 9.17) is 10.5 Å². The maximum absolute atomic E-state index is 13.4. The summed E-state index contributed by atoms with van der Waals surface area (Å²) in [4.78, 5) is 13.8. The molecule has 0 amide bonds. The Morgan fingerprint density at radius 3 is 2.93 bits per heavy atom. The fourth-order valence-corrected chi connectivity index (χ4v) is 4.13. The molecule has 2 aliphatic heterocycles. The molecule has 162 valence electrons. The summed E-state index contributed by atoms with van der Waals surface area (Å²) in [6.07, 6.45) is 3.44. The highest BCUT2D eigenvalue weighted by molar-refractivity contribution is 5.75. The minimum atomic E-state index is -0.757. The number of halogens is 1. The van der Waals surface area contributed by atoms with E-state index in [9.17, 15) is 9.18 Å². The van der Waals surface area contributed by atoms with Crippen molar-refractivity contribution < 1.29 is 18.7 Å². The van der Waals surface area contributed by atoms with Gasteiger partial charge in [-0.05, 0) is 24.5 Å². The first kappa shape index (κ1) is 20.7. The number of nitrogens with two attached hydrogens (primary N) is 1. The predicted molar refractivity (Wildman–Crippen MR) is 108 cm³/mol. The van der Waals surface area contributed by atoms with Crippen molar-refractivity contribution in [3.8, 4) is 5.75 Å². The number of fused-ring (bicyclic) bond motifs is 1. The first-order valence-corrected chi connectivity index (χ1v) is 10.4. The fraction of sp³-hybridized carbons (Fsp3) is 0.571. The number of ether oxygens (including phenoxy) is 2. The molecule has 1 aromatic heterocycles. The molecule has 1 saturated heterocycles. The Hall–Kier alpha value is -2.52. The van der Waals surface area contributed by atoms with E-state index in [0.29, 0.717) is 25.1 Å². The molecule has 9 heteroatoms. The number of likely N-dealkylation sites (tertiary alicyclic amines) is 1. The van der Waals surface area contributed by atoms with Crippen molar-refractivity contribution in [3.05, 3.63) is 41.2 Å². The van der Waals surface area contributed by atoms with Crippen molar-refractivity contribution in [2.75, 3.05) is 26.8 Å². The van der Waals surface area contributed by atoms with Crippen molar-refractivity contribution in [3.63, 3.8) is 0 Å². The molecule has 0 saturated carbocycles. The number of piperidine rings is 1. The monoisotopic (exact) mass is 417 g/mol. The van der Waals surface area contributed by atoms with Gasteiger partial charge in [0.15, 0.2) is 0 Å². The number of carbonyl (C=O) groups is 1. The maximum Gasteiger partial charge on any atom is 0.323 e. The zero-order chi connectivity index (χ0) is 21.1. The number of nitrogens with zero attached hydrogens (tertiary/aromatic N) is 4. The lowest BCUT2D eigenvalue weighted by Crippen LogP contribution is -2.33. The molecule has 4 rings (SSSR count). The van der Waals surface area contributed by atoms with Crippen LogP contribution in [0, 0.1) is 0 Å². The summed E-state index contributed by atoms with van der Waals surface area (Å²) in [5.74, 6) is 0.386. The minimum absolute atomic E-state index is 0.0145. The summed E-state index contributed by atoms with van der Waals surface area (Å²) >= 11 is 0. The zero-order valence-electron chi connectivity index (χ0n) is 17.2. The van der Waals surface area contributed by atoms with E-state index in [2.05, 4.69) is 38.1 Å². The van der Waals surface area contributed by atoms with E-state index >= 15 is 0 Å². The lowest BCUT2D eigenvalue weighted by molar-refractivity contribution is -0.142. The lowest BCUT2D eigenvalue weighted by atomic mass is 9.98. The molecule has 2 aromatic rings. The molecule has 2 aliphatic rings. The predicted octanol–water partition coefficient (Wildman–Crippen LogP) is 1.63. The molecule has 2 atom stereocenters. The van der Waals surface area contributed by atoms with Gasteiger partial charge >= 0.3 is 5.97 Å². The van der Waals surface area contributed by atoms with Gasteiger partial charge in [0.25, 0.3) is 0 Å². The van der Waals surface area contributed by atoms with Crippen molar-refractivity contribution in [2.24, 2.45) is 5.73 Å². The van der Waals surface area contributed by atoms with Gasteiger partial charge in [-0.3, -0.25) is 9.69 Å². The highest BCUT2D eigenvalue weighted by atomic mass is 19.1. The third-order valence-corrected chi connectivity index (χ3v) is 5.82. The molecular formula is C21H28FN5O3. The Labute approximate surface area is 175 Å². The van der Waals surface area contributed by atoms with Crippen molar-refractivity contribution in [1.29, 1.82) is 0 Å². The number of hydrogen-bond donors (Lipinski definition) is 1. The Kier molecular flexibility index (Phi) is 6.29. The second-order valence-electron chi connectivity index (χ2n) is 8.00. The molecule has 2 N–H and O–H groups in total. The highest BCUT2D eigenvalue weighted by Gasteiger charge is 2.26. The second-order valence-corrected chi connectivity index (χ2v) is 8.00. The largest absolute Gasteiger partial charge is 0.493 e. The molecule has 0 aliphatic carbocycles. The van der Waals surface area contributed by atoms with Gasteiger partial charge in [0.1, 0.15) is 18.0 Å². The molecule has 2 unspecified atom stereocenters.